The second-order valence-corrected chi connectivity index (χ2v) is 4.26. The molecule has 0 saturated carbocycles. The Morgan fingerprint density at radius 1 is 1.50 bits per heavy atom. The van der Waals surface area contributed by atoms with Crippen molar-refractivity contribution in [2.24, 2.45) is 5.92 Å². The number of carbonyl (C=O) groups excluding carboxylic acids is 1. The summed E-state index contributed by atoms with van der Waals surface area (Å²) in [5.41, 5.74) is 1.39. The Labute approximate surface area is 96.7 Å². The standard InChI is InChI=1S/C12H19N3O/c1-9(2)8-15(4)12(16)11-6-5-10(13-3)7-14-11/h5-7,9,13H,8H2,1-4H3. The van der Waals surface area contributed by atoms with Crippen LogP contribution in [0.15, 0.2) is 18.3 Å². The molecule has 0 radical (unpaired) electrons. The van der Waals surface area contributed by atoms with E-state index in [1.165, 1.54) is 0 Å². The van der Waals surface area contributed by atoms with Crippen molar-refractivity contribution in [3.63, 3.8) is 0 Å². The molecule has 0 aliphatic carbocycles. The van der Waals surface area contributed by atoms with Crippen LogP contribution in [0.5, 0.6) is 0 Å². The molecule has 0 unspecified atom stereocenters. The summed E-state index contributed by atoms with van der Waals surface area (Å²) in [4.78, 5) is 17.7. The molecule has 0 aliphatic rings. The van der Waals surface area contributed by atoms with Crippen molar-refractivity contribution in [3.05, 3.63) is 24.0 Å². The molecule has 1 amide bonds. The maximum absolute atomic E-state index is 11.9. The first kappa shape index (κ1) is 12.5. The minimum atomic E-state index is -0.0312. The van der Waals surface area contributed by atoms with Gasteiger partial charge in [-0.15, -0.1) is 0 Å². The fourth-order valence-electron chi connectivity index (χ4n) is 1.49. The highest BCUT2D eigenvalue weighted by Crippen LogP contribution is 2.07. The lowest BCUT2D eigenvalue weighted by Gasteiger charge is -2.18. The molecule has 0 bridgehead atoms. The lowest BCUT2D eigenvalue weighted by molar-refractivity contribution is 0.0773. The molecular formula is C12H19N3O. The van der Waals surface area contributed by atoms with Gasteiger partial charge in [-0.2, -0.15) is 0 Å². The molecule has 0 atom stereocenters. The third-order valence-corrected chi connectivity index (χ3v) is 2.26. The zero-order valence-corrected chi connectivity index (χ0v) is 10.3. The zero-order chi connectivity index (χ0) is 12.1. The number of nitrogens with zero attached hydrogens (tertiary/aromatic N) is 2. The smallest absolute Gasteiger partial charge is 0.272 e. The van der Waals surface area contributed by atoms with Crippen molar-refractivity contribution in [1.82, 2.24) is 9.88 Å². The average Bonchev–Trinajstić information content (AvgIpc) is 2.27. The Morgan fingerprint density at radius 2 is 2.19 bits per heavy atom. The van der Waals surface area contributed by atoms with E-state index in [0.717, 1.165) is 12.2 Å². The number of nitrogens with one attached hydrogen (secondary N) is 1. The minimum Gasteiger partial charge on any atom is -0.387 e. The third-order valence-electron chi connectivity index (χ3n) is 2.26. The lowest BCUT2D eigenvalue weighted by atomic mass is 10.2. The molecule has 1 aromatic heterocycles. The quantitative estimate of drug-likeness (QED) is 0.844. The van der Waals surface area contributed by atoms with Gasteiger partial charge < -0.3 is 10.2 Å². The number of rotatable bonds is 4. The van der Waals surface area contributed by atoms with Crippen LogP contribution in [0, 0.1) is 5.92 Å². The van der Waals surface area contributed by atoms with Gasteiger partial charge in [-0.3, -0.25) is 4.79 Å². The highest BCUT2D eigenvalue weighted by atomic mass is 16.2. The molecule has 4 nitrogen and oxygen atoms in total. The van der Waals surface area contributed by atoms with Crippen molar-refractivity contribution >= 4 is 11.6 Å². The van der Waals surface area contributed by atoms with E-state index in [-0.39, 0.29) is 5.91 Å². The van der Waals surface area contributed by atoms with Crippen LogP contribution >= 0.6 is 0 Å². The topological polar surface area (TPSA) is 45.2 Å². The number of hydrogen-bond donors (Lipinski definition) is 1. The highest BCUT2D eigenvalue weighted by Gasteiger charge is 2.13. The predicted octanol–water partition coefficient (Wildman–Crippen LogP) is 1.85. The van der Waals surface area contributed by atoms with Gasteiger partial charge in [0.15, 0.2) is 0 Å². The molecule has 16 heavy (non-hydrogen) atoms. The number of carbonyl (C=O) groups is 1. The molecule has 0 spiro atoms. The SMILES string of the molecule is CNc1ccc(C(=O)N(C)CC(C)C)nc1. The van der Waals surface area contributed by atoms with Gasteiger partial charge in [-0.1, -0.05) is 13.8 Å². The van der Waals surface area contributed by atoms with E-state index in [1.54, 1.807) is 24.2 Å². The van der Waals surface area contributed by atoms with Gasteiger partial charge in [0.2, 0.25) is 0 Å². The van der Waals surface area contributed by atoms with Gasteiger partial charge in [0.1, 0.15) is 5.69 Å². The fourth-order valence-corrected chi connectivity index (χ4v) is 1.49. The van der Waals surface area contributed by atoms with Crippen molar-refractivity contribution in [2.75, 3.05) is 26.0 Å². The molecule has 1 heterocycles. The molecule has 88 valence electrons. The fraction of sp³-hybridized carbons (Fsp3) is 0.500. The maximum atomic E-state index is 11.9. The van der Waals surface area contributed by atoms with Gasteiger partial charge in [-0.05, 0) is 18.1 Å². The molecule has 4 heteroatoms. The first-order valence-corrected chi connectivity index (χ1v) is 5.44. The van der Waals surface area contributed by atoms with Crippen molar-refractivity contribution in [3.8, 4) is 0 Å². The molecule has 1 N–H and O–H groups in total. The van der Waals surface area contributed by atoms with E-state index >= 15 is 0 Å². The third kappa shape index (κ3) is 3.22. The average molecular weight is 221 g/mol. The Bertz CT molecular complexity index is 346. The summed E-state index contributed by atoms with van der Waals surface area (Å²) in [6.07, 6.45) is 1.66. The van der Waals surface area contributed by atoms with Crippen LogP contribution in [0.4, 0.5) is 5.69 Å². The molecule has 1 aromatic rings. The van der Waals surface area contributed by atoms with Gasteiger partial charge in [-0.25, -0.2) is 4.98 Å². The molecule has 0 aromatic carbocycles. The van der Waals surface area contributed by atoms with Crippen LogP contribution in [0.2, 0.25) is 0 Å². The number of aromatic nitrogens is 1. The number of anilines is 1. The van der Waals surface area contributed by atoms with Crippen molar-refractivity contribution in [1.29, 1.82) is 0 Å². The van der Waals surface area contributed by atoms with E-state index < -0.39 is 0 Å². The number of pyridine rings is 1. The Balaban J connectivity index is 2.72. The van der Waals surface area contributed by atoms with E-state index in [0.29, 0.717) is 11.6 Å². The molecular weight excluding hydrogens is 202 g/mol. The second kappa shape index (κ2) is 5.49. The summed E-state index contributed by atoms with van der Waals surface area (Å²) in [6.45, 7) is 4.91. The van der Waals surface area contributed by atoms with E-state index in [9.17, 15) is 4.79 Å². The van der Waals surface area contributed by atoms with E-state index in [2.05, 4.69) is 24.1 Å². The second-order valence-electron chi connectivity index (χ2n) is 4.26. The lowest BCUT2D eigenvalue weighted by Crippen LogP contribution is -2.30. The normalized spacial score (nSPS) is 10.3. The van der Waals surface area contributed by atoms with Crippen LogP contribution < -0.4 is 5.32 Å². The van der Waals surface area contributed by atoms with E-state index in [1.807, 2.05) is 13.1 Å². The summed E-state index contributed by atoms with van der Waals surface area (Å²) in [5, 5.41) is 2.97. The molecule has 0 aliphatic heterocycles. The Morgan fingerprint density at radius 3 is 2.62 bits per heavy atom. The van der Waals surface area contributed by atoms with Gasteiger partial charge in [0, 0.05) is 20.6 Å². The van der Waals surface area contributed by atoms with Gasteiger partial charge in [0.25, 0.3) is 5.91 Å². The summed E-state index contributed by atoms with van der Waals surface area (Å²) in [5.74, 6) is 0.432. The zero-order valence-electron chi connectivity index (χ0n) is 10.3. The van der Waals surface area contributed by atoms with Crippen molar-refractivity contribution < 1.29 is 4.79 Å². The van der Waals surface area contributed by atoms with E-state index in [4.69, 9.17) is 0 Å². The summed E-state index contributed by atoms with van der Waals surface area (Å²) in [6, 6.07) is 3.59. The molecule has 1 rings (SSSR count). The first-order chi connectivity index (χ1) is 7.54. The minimum absolute atomic E-state index is 0.0312. The summed E-state index contributed by atoms with van der Waals surface area (Å²) in [7, 11) is 3.62. The van der Waals surface area contributed by atoms with Crippen LogP contribution in [-0.2, 0) is 0 Å². The predicted molar refractivity (Wildman–Crippen MR) is 65.6 cm³/mol. The van der Waals surface area contributed by atoms with Crippen molar-refractivity contribution in [2.45, 2.75) is 13.8 Å². The summed E-state index contributed by atoms with van der Waals surface area (Å²) < 4.78 is 0. The van der Waals surface area contributed by atoms with Gasteiger partial charge >= 0.3 is 0 Å². The van der Waals surface area contributed by atoms with Crippen LogP contribution in [0.1, 0.15) is 24.3 Å². The Kier molecular flexibility index (Phi) is 4.28. The van der Waals surface area contributed by atoms with Gasteiger partial charge in [0.05, 0.1) is 11.9 Å². The summed E-state index contributed by atoms with van der Waals surface area (Å²) >= 11 is 0. The molecule has 0 fully saturated rings. The number of amides is 1. The van der Waals surface area contributed by atoms with Crippen LogP contribution in [0.3, 0.4) is 0 Å². The Hall–Kier alpha value is -1.58. The molecule has 0 saturated heterocycles. The largest absolute Gasteiger partial charge is 0.387 e. The number of hydrogen-bond acceptors (Lipinski definition) is 3. The maximum Gasteiger partial charge on any atom is 0.272 e. The highest BCUT2D eigenvalue weighted by molar-refractivity contribution is 5.92. The monoisotopic (exact) mass is 221 g/mol. The van der Waals surface area contributed by atoms with Crippen LogP contribution in [0.25, 0.3) is 0 Å². The van der Waals surface area contributed by atoms with Crippen LogP contribution in [-0.4, -0.2) is 36.4 Å². The first-order valence-electron chi connectivity index (χ1n) is 5.44.